The predicted molar refractivity (Wildman–Crippen MR) is 81.7 cm³/mol. The molecule has 23 heavy (non-hydrogen) atoms. The molecule has 1 aliphatic carbocycles. The summed E-state index contributed by atoms with van der Waals surface area (Å²) in [6.07, 6.45) is 1.76. The number of para-hydroxylation sites is 1. The number of carbonyl (C=O) groups is 3. The molecule has 2 heterocycles. The van der Waals surface area contributed by atoms with Crippen molar-refractivity contribution in [2.45, 2.75) is 38.3 Å². The maximum absolute atomic E-state index is 13.1. The van der Waals surface area contributed by atoms with E-state index in [0.717, 1.165) is 18.2 Å². The maximum Gasteiger partial charge on any atom is 0.258 e. The third-order valence-corrected chi connectivity index (χ3v) is 4.44. The molecule has 1 aromatic carbocycles. The Labute approximate surface area is 132 Å². The molecule has 1 aliphatic heterocycles. The van der Waals surface area contributed by atoms with E-state index in [0.29, 0.717) is 16.9 Å². The van der Waals surface area contributed by atoms with Crippen LogP contribution in [-0.4, -0.2) is 34.7 Å². The summed E-state index contributed by atoms with van der Waals surface area (Å²) in [5.41, 5.74) is 1.13. The maximum atomic E-state index is 13.1. The van der Waals surface area contributed by atoms with E-state index in [1.165, 1.54) is 0 Å². The molecule has 6 heteroatoms. The highest BCUT2D eigenvalue weighted by molar-refractivity contribution is 6.11. The number of furan rings is 1. The van der Waals surface area contributed by atoms with Gasteiger partial charge < -0.3 is 9.32 Å². The van der Waals surface area contributed by atoms with E-state index >= 15 is 0 Å². The van der Waals surface area contributed by atoms with Gasteiger partial charge in [-0.25, -0.2) is 0 Å². The number of aryl methyl sites for hydroxylation is 1. The topological polar surface area (TPSA) is 79.6 Å². The third kappa shape index (κ3) is 2.21. The van der Waals surface area contributed by atoms with Gasteiger partial charge in [-0.2, -0.15) is 0 Å². The first kappa shape index (κ1) is 14.0. The largest absolute Gasteiger partial charge is 0.461 e. The van der Waals surface area contributed by atoms with Crippen molar-refractivity contribution in [3.63, 3.8) is 0 Å². The van der Waals surface area contributed by atoms with Crippen LogP contribution in [0.3, 0.4) is 0 Å². The molecule has 6 nitrogen and oxygen atoms in total. The summed E-state index contributed by atoms with van der Waals surface area (Å²) in [6.45, 7) is 1.75. The molecule has 0 radical (unpaired) electrons. The first-order valence-corrected chi connectivity index (χ1v) is 7.70. The first-order chi connectivity index (χ1) is 11.1. The van der Waals surface area contributed by atoms with Gasteiger partial charge in [0, 0.05) is 11.4 Å². The summed E-state index contributed by atoms with van der Waals surface area (Å²) in [6, 6.07) is 6.66. The van der Waals surface area contributed by atoms with Gasteiger partial charge >= 0.3 is 0 Å². The average Bonchev–Trinajstić information content (AvgIpc) is 3.19. The van der Waals surface area contributed by atoms with Crippen LogP contribution < -0.4 is 5.32 Å². The number of fused-ring (bicyclic) bond motifs is 1. The van der Waals surface area contributed by atoms with Crippen LogP contribution in [0, 0.1) is 6.92 Å². The fourth-order valence-corrected chi connectivity index (χ4v) is 3.24. The second-order valence-electron chi connectivity index (χ2n) is 6.11. The summed E-state index contributed by atoms with van der Waals surface area (Å²) in [4.78, 5) is 38.3. The standard InChI is InChI=1S/C17H16N2O4/c1-9-15(11-4-2-3-5-13(11)23-9)17(22)19(10-6-7-10)12-8-14(20)18-16(12)21/h2-5,10,12H,6-8H2,1H3,(H,18,20,21)/t12-/m1/s1. The van der Waals surface area contributed by atoms with Crippen molar-refractivity contribution < 1.29 is 18.8 Å². The van der Waals surface area contributed by atoms with Crippen molar-refractivity contribution in [1.29, 1.82) is 0 Å². The van der Waals surface area contributed by atoms with Crippen molar-refractivity contribution in [3.05, 3.63) is 35.6 Å². The number of hydrogen-bond acceptors (Lipinski definition) is 4. The molecule has 1 aromatic heterocycles. The van der Waals surface area contributed by atoms with Gasteiger partial charge in [-0.05, 0) is 25.8 Å². The Morgan fingerprint density at radius 1 is 1.26 bits per heavy atom. The summed E-state index contributed by atoms with van der Waals surface area (Å²) in [5, 5.41) is 3.03. The summed E-state index contributed by atoms with van der Waals surface area (Å²) in [7, 11) is 0. The van der Waals surface area contributed by atoms with Gasteiger partial charge in [0.2, 0.25) is 11.8 Å². The van der Waals surface area contributed by atoms with E-state index in [1.807, 2.05) is 24.3 Å². The molecule has 1 saturated heterocycles. The molecule has 1 saturated carbocycles. The number of nitrogens with zero attached hydrogens (tertiary/aromatic N) is 1. The lowest BCUT2D eigenvalue weighted by Crippen LogP contribution is -2.46. The number of rotatable bonds is 3. The van der Waals surface area contributed by atoms with Crippen molar-refractivity contribution >= 4 is 28.7 Å². The minimum atomic E-state index is -0.712. The lowest BCUT2D eigenvalue weighted by atomic mass is 10.1. The van der Waals surface area contributed by atoms with Crippen molar-refractivity contribution in [2.75, 3.05) is 0 Å². The zero-order valence-corrected chi connectivity index (χ0v) is 12.7. The van der Waals surface area contributed by atoms with Crippen LogP contribution in [0.15, 0.2) is 28.7 Å². The average molecular weight is 312 g/mol. The molecule has 3 amide bonds. The SMILES string of the molecule is Cc1oc2ccccc2c1C(=O)N(C1CC1)[C@@H]1CC(=O)NC1=O. The monoisotopic (exact) mass is 312 g/mol. The Balaban J connectivity index is 1.77. The Morgan fingerprint density at radius 2 is 2.00 bits per heavy atom. The van der Waals surface area contributed by atoms with Crippen LogP contribution in [0.1, 0.15) is 35.4 Å². The molecule has 1 atom stereocenters. The predicted octanol–water partition coefficient (Wildman–Crippen LogP) is 1.76. The van der Waals surface area contributed by atoms with Crippen LogP contribution in [0.4, 0.5) is 0 Å². The van der Waals surface area contributed by atoms with Gasteiger partial charge in [0.1, 0.15) is 17.4 Å². The van der Waals surface area contributed by atoms with Crippen LogP contribution in [-0.2, 0) is 9.59 Å². The number of amides is 3. The van der Waals surface area contributed by atoms with Crippen molar-refractivity contribution in [2.24, 2.45) is 0 Å². The van der Waals surface area contributed by atoms with Crippen LogP contribution >= 0.6 is 0 Å². The lowest BCUT2D eigenvalue weighted by Gasteiger charge is -2.26. The van der Waals surface area contributed by atoms with Gasteiger partial charge in [0.15, 0.2) is 0 Å². The highest BCUT2D eigenvalue weighted by Crippen LogP contribution is 2.35. The van der Waals surface area contributed by atoms with Crippen LogP contribution in [0.25, 0.3) is 11.0 Å². The molecule has 0 spiro atoms. The Hall–Kier alpha value is -2.63. The summed E-state index contributed by atoms with van der Waals surface area (Å²) >= 11 is 0. The van der Waals surface area contributed by atoms with Gasteiger partial charge in [-0.1, -0.05) is 18.2 Å². The highest BCUT2D eigenvalue weighted by atomic mass is 16.3. The van der Waals surface area contributed by atoms with E-state index in [2.05, 4.69) is 5.32 Å². The number of imide groups is 1. The summed E-state index contributed by atoms with van der Waals surface area (Å²) < 4.78 is 5.67. The number of carbonyl (C=O) groups excluding carboxylic acids is 3. The minimum Gasteiger partial charge on any atom is -0.461 e. The normalized spacial score (nSPS) is 20.8. The fourth-order valence-electron chi connectivity index (χ4n) is 3.24. The van der Waals surface area contributed by atoms with E-state index < -0.39 is 6.04 Å². The molecule has 4 rings (SSSR count). The van der Waals surface area contributed by atoms with Crippen molar-refractivity contribution in [3.8, 4) is 0 Å². The summed E-state index contributed by atoms with van der Waals surface area (Å²) in [5.74, 6) is -0.413. The molecule has 118 valence electrons. The zero-order valence-electron chi connectivity index (χ0n) is 12.7. The van der Waals surface area contributed by atoms with E-state index in [1.54, 1.807) is 11.8 Å². The number of hydrogen-bond donors (Lipinski definition) is 1. The minimum absolute atomic E-state index is 0.0252. The second-order valence-corrected chi connectivity index (χ2v) is 6.11. The first-order valence-electron chi connectivity index (χ1n) is 7.70. The smallest absolute Gasteiger partial charge is 0.258 e. The number of benzene rings is 1. The molecule has 0 bridgehead atoms. The zero-order chi connectivity index (χ0) is 16.1. The Kier molecular flexibility index (Phi) is 3.01. The number of nitrogens with one attached hydrogen (secondary N) is 1. The van der Waals surface area contributed by atoms with Crippen LogP contribution in [0.5, 0.6) is 0 Å². The lowest BCUT2D eigenvalue weighted by molar-refractivity contribution is -0.126. The van der Waals surface area contributed by atoms with E-state index in [4.69, 9.17) is 4.42 Å². The quantitative estimate of drug-likeness (QED) is 0.876. The van der Waals surface area contributed by atoms with Gasteiger partial charge in [-0.15, -0.1) is 0 Å². The third-order valence-electron chi connectivity index (χ3n) is 4.44. The molecular weight excluding hydrogens is 296 g/mol. The second kappa shape index (κ2) is 4.94. The van der Waals surface area contributed by atoms with Gasteiger partial charge in [0.05, 0.1) is 12.0 Å². The van der Waals surface area contributed by atoms with Gasteiger partial charge in [-0.3, -0.25) is 19.7 Å². The molecule has 0 unspecified atom stereocenters. The molecule has 1 N–H and O–H groups in total. The van der Waals surface area contributed by atoms with Crippen molar-refractivity contribution in [1.82, 2.24) is 10.2 Å². The molecular formula is C17H16N2O4. The molecule has 2 aliphatic rings. The van der Waals surface area contributed by atoms with Crippen LogP contribution in [0.2, 0.25) is 0 Å². The molecule has 2 aromatic rings. The van der Waals surface area contributed by atoms with Gasteiger partial charge in [0.25, 0.3) is 5.91 Å². The Morgan fingerprint density at radius 3 is 2.65 bits per heavy atom. The Bertz CT molecular complexity index is 834. The van der Waals surface area contributed by atoms with E-state index in [9.17, 15) is 14.4 Å². The highest BCUT2D eigenvalue weighted by Gasteiger charge is 2.45. The van der Waals surface area contributed by atoms with E-state index in [-0.39, 0.29) is 30.2 Å². The molecule has 2 fully saturated rings. The fraction of sp³-hybridized carbons (Fsp3) is 0.353.